The molecule has 0 fully saturated rings. The molecule has 0 saturated heterocycles. The first-order valence-corrected chi connectivity index (χ1v) is 7.83. The highest BCUT2D eigenvalue weighted by atomic mass is 16.5. The number of rotatable bonds is 5. The Labute approximate surface area is 146 Å². The molecule has 0 aliphatic rings. The number of hydrogen-bond donors (Lipinski definition) is 0. The average molecular weight is 340 g/mol. The topological polar surface area (TPSA) is 62.6 Å². The molecule has 6 nitrogen and oxygen atoms in total. The van der Waals surface area contributed by atoms with E-state index in [9.17, 15) is 4.79 Å². The second kappa shape index (κ2) is 6.84. The Kier molecular flexibility index (Phi) is 4.61. The smallest absolute Gasteiger partial charge is 0.325 e. The predicted octanol–water partition coefficient (Wildman–Crippen LogP) is 3.20. The quantitative estimate of drug-likeness (QED) is 0.668. The molecular formula is C19H20N2O4. The zero-order valence-corrected chi connectivity index (χ0v) is 14.7. The Morgan fingerprint density at radius 2 is 1.92 bits per heavy atom. The van der Waals surface area contributed by atoms with E-state index >= 15 is 0 Å². The second-order valence-electron chi connectivity index (χ2n) is 5.60. The van der Waals surface area contributed by atoms with Crippen molar-refractivity contribution in [1.29, 1.82) is 0 Å². The standard InChI is InChI=1S/C19H20N2O4/c1-12-19(13-5-8-17(24-3)20-10-13)15-9-14(23-2)6-7-16(15)21(12)11-18(22)25-4/h5-10H,11H2,1-4H3. The van der Waals surface area contributed by atoms with E-state index in [1.165, 1.54) is 7.11 Å². The molecule has 0 amide bonds. The summed E-state index contributed by atoms with van der Waals surface area (Å²) in [6.07, 6.45) is 1.77. The van der Waals surface area contributed by atoms with Gasteiger partial charge in [-0.2, -0.15) is 0 Å². The minimum atomic E-state index is -0.296. The summed E-state index contributed by atoms with van der Waals surface area (Å²) in [5.41, 5.74) is 3.85. The minimum Gasteiger partial charge on any atom is -0.497 e. The van der Waals surface area contributed by atoms with Crippen LogP contribution in [0.2, 0.25) is 0 Å². The van der Waals surface area contributed by atoms with Gasteiger partial charge in [0.05, 0.1) is 21.3 Å². The molecule has 0 aliphatic heterocycles. The van der Waals surface area contributed by atoms with Gasteiger partial charge in [-0.25, -0.2) is 4.98 Å². The van der Waals surface area contributed by atoms with Gasteiger partial charge < -0.3 is 18.8 Å². The van der Waals surface area contributed by atoms with Gasteiger partial charge in [-0.3, -0.25) is 4.79 Å². The van der Waals surface area contributed by atoms with Gasteiger partial charge in [0, 0.05) is 40.0 Å². The summed E-state index contributed by atoms with van der Waals surface area (Å²) in [7, 11) is 4.61. The van der Waals surface area contributed by atoms with Gasteiger partial charge in [0.2, 0.25) is 5.88 Å². The van der Waals surface area contributed by atoms with E-state index in [1.54, 1.807) is 20.4 Å². The molecular weight excluding hydrogens is 320 g/mol. The van der Waals surface area contributed by atoms with Crippen molar-refractivity contribution in [2.24, 2.45) is 0 Å². The molecule has 0 bridgehead atoms. The Morgan fingerprint density at radius 3 is 2.52 bits per heavy atom. The van der Waals surface area contributed by atoms with Crippen LogP contribution >= 0.6 is 0 Å². The van der Waals surface area contributed by atoms with Gasteiger partial charge in [0.25, 0.3) is 0 Å². The SMILES string of the molecule is COC(=O)Cn1c(C)c(-c2ccc(OC)nc2)c2cc(OC)ccc21. The van der Waals surface area contributed by atoms with Crippen molar-refractivity contribution < 1.29 is 19.0 Å². The maximum absolute atomic E-state index is 11.8. The van der Waals surface area contributed by atoms with Crippen molar-refractivity contribution in [1.82, 2.24) is 9.55 Å². The third-order valence-corrected chi connectivity index (χ3v) is 4.28. The van der Waals surface area contributed by atoms with E-state index in [2.05, 4.69) is 4.98 Å². The molecule has 130 valence electrons. The third kappa shape index (κ3) is 3.03. The molecule has 0 atom stereocenters. The number of methoxy groups -OCH3 is 3. The van der Waals surface area contributed by atoms with Crippen LogP contribution in [0.15, 0.2) is 36.5 Å². The first-order valence-electron chi connectivity index (χ1n) is 7.83. The van der Waals surface area contributed by atoms with Gasteiger partial charge in [-0.15, -0.1) is 0 Å². The number of carbonyl (C=O) groups excluding carboxylic acids is 1. The lowest BCUT2D eigenvalue weighted by Crippen LogP contribution is -2.12. The highest BCUT2D eigenvalue weighted by molar-refractivity contribution is 5.99. The Balaban J connectivity index is 2.24. The lowest BCUT2D eigenvalue weighted by Gasteiger charge is -2.07. The second-order valence-corrected chi connectivity index (χ2v) is 5.60. The molecule has 0 spiro atoms. The molecule has 6 heteroatoms. The summed E-state index contributed by atoms with van der Waals surface area (Å²) in [6.45, 7) is 2.13. The number of hydrogen-bond acceptors (Lipinski definition) is 5. The molecule has 0 saturated carbocycles. The van der Waals surface area contributed by atoms with Crippen molar-refractivity contribution >= 4 is 16.9 Å². The summed E-state index contributed by atoms with van der Waals surface area (Å²) in [5.74, 6) is 1.01. The van der Waals surface area contributed by atoms with Crippen molar-refractivity contribution in [2.75, 3.05) is 21.3 Å². The number of pyridine rings is 1. The van der Waals surface area contributed by atoms with Gasteiger partial charge in [0.15, 0.2) is 0 Å². The number of carbonyl (C=O) groups is 1. The van der Waals surface area contributed by atoms with E-state index in [4.69, 9.17) is 14.2 Å². The van der Waals surface area contributed by atoms with Crippen molar-refractivity contribution in [3.8, 4) is 22.8 Å². The molecule has 25 heavy (non-hydrogen) atoms. The van der Waals surface area contributed by atoms with Gasteiger partial charge in [0.1, 0.15) is 12.3 Å². The highest BCUT2D eigenvalue weighted by Crippen LogP contribution is 2.36. The summed E-state index contributed by atoms with van der Waals surface area (Å²) in [6, 6.07) is 9.57. The molecule has 0 N–H and O–H groups in total. The van der Waals surface area contributed by atoms with Gasteiger partial charge >= 0.3 is 5.97 Å². The van der Waals surface area contributed by atoms with E-state index in [1.807, 2.05) is 41.8 Å². The molecule has 3 rings (SSSR count). The minimum absolute atomic E-state index is 0.148. The lowest BCUT2D eigenvalue weighted by atomic mass is 10.0. The molecule has 0 unspecified atom stereocenters. The van der Waals surface area contributed by atoms with Crippen LogP contribution in [0.25, 0.3) is 22.0 Å². The summed E-state index contributed by atoms with van der Waals surface area (Å²) < 4.78 is 17.3. The molecule has 1 aromatic carbocycles. The molecule has 3 aromatic rings. The van der Waals surface area contributed by atoms with Crippen LogP contribution in [-0.4, -0.2) is 36.8 Å². The zero-order valence-electron chi connectivity index (χ0n) is 14.7. The first kappa shape index (κ1) is 16.8. The van der Waals surface area contributed by atoms with E-state index in [-0.39, 0.29) is 12.5 Å². The van der Waals surface area contributed by atoms with Crippen LogP contribution in [0.5, 0.6) is 11.6 Å². The predicted molar refractivity (Wildman–Crippen MR) is 95.0 cm³/mol. The van der Waals surface area contributed by atoms with Crippen LogP contribution in [0, 0.1) is 6.92 Å². The Morgan fingerprint density at radius 1 is 1.12 bits per heavy atom. The van der Waals surface area contributed by atoms with Crippen molar-refractivity contribution in [2.45, 2.75) is 13.5 Å². The fourth-order valence-corrected chi connectivity index (χ4v) is 3.00. The largest absolute Gasteiger partial charge is 0.497 e. The fraction of sp³-hybridized carbons (Fsp3) is 0.263. The van der Waals surface area contributed by atoms with Gasteiger partial charge in [-0.1, -0.05) is 0 Å². The van der Waals surface area contributed by atoms with Crippen LogP contribution < -0.4 is 9.47 Å². The number of esters is 1. The number of benzene rings is 1. The zero-order chi connectivity index (χ0) is 18.0. The summed E-state index contributed by atoms with van der Waals surface area (Å²) >= 11 is 0. The van der Waals surface area contributed by atoms with Crippen LogP contribution in [0.3, 0.4) is 0 Å². The number of fused-ring (bicyclic) bond motifs is 1. The third-order valence-electron chi connectivity index (χ3n) is 4.28. The van der Waals surface area contributed by atoms with Crippen molar-refractivity contribution in [3.63, 3.8) is 0 Å². The fourth-order valence-electron chi connectivity index (χ4n) is 3.00. The average Bonchev–Trinajstić information content (AvgIpc) is 2.92. The lowest BCUT2D eigenvalue weighted by molar-refractivity contribution is -0.141. The summed E-state index contributed by atoms with van der Waals surface area (Å²) in [5, 5.41) is 0.993. The summed E-state index contributed by atoms with van der Waals surface area (Å²) in [4.78, 5) is 16.1. The molecule has 0 radical (unpaired) electrons. The van der Waals surface area contributed by atoms with Crippen LogP contribution in [-0.2, 0) is 16.1 Å². The Hall–Kier alpha value is -3.02. The van der Waals surface area contributed by atoms with Crippen molar-refractivity contribution in [3.05, 3.63) is 42.2 Å². The number of ether oxygens (including phenoxy) is 3. The van der Waals surface area contributed by atoms with E-state index in [0.717, 1.165) is 33.5 Å². The van der Waals surface area contributed by atoms with E-state index in [0.29, 0.717) is 5.88 Å². The van der Waals surface area contributed by atoms with Gasteiger partial charge in [-0.05, 0) is 31.2 Å². The van der Waals surface area contributed by atoms with Crippen LogP contribution in [0.4, 0.5) is 0 Å². The molecule has 2 aromatic heterocycles. The maximum Gasteiger partial charge on any atom is 0.325 e. The highest BCUT2D eigenvalue weighted by Gasteiger charge is 2.18. The number of aromatic nitrogens is 2. The first-order chi connectivity index (χ1) is 12.1. The van der Waals surface area contributed by atoms with E-state index < -0.39 is 0 Å². The molecule has 2 heterocycles. The maximum atomic E-state index is 11.8. The Bertz CT molecular complexity index is 913. The molecule has 0 aliphatic carbocycles. The normalized spacial score (nSPS) is 10.7. The number of nitrogens with zero attached hydrogens (tertiary/aromatic N) is 2. The van der Waals surface area contributed by atoms with Crippen LogP contribution in [0.1, 0.15) is 5.69 Å². The monoisotopic (exact) mass is 340 g/mol.